The summed E-state index contributed by atoms with van der Waals surface area (Å²) in [6, 6.07) is 0. The van der Waals surface area contributed by atoms with Crippen LogP contribution in [-0.2, 0) is 57.0 Å². The molecule has 0 amide bonds. The number of Topliss-reactive ketones (excluding diaryl/α,β-unsaturated/α-hetero) is 1. The second-order valence-electron chi connectivity index (χ2n) is 15.7. The topological polar surface area (TPSA) is 130 Å². The van der Waals surface area contributed by atoms with Crippen LogP contribution in [0.2, 0.25) is 0 Å². The molecule has 338 valence electrons. The monoisotopic (exact) mass is 827 g/mol. The average Bonchev–Trinajstić information content (AvgIpc) is 3.91. The molecule has 0 aromatic rings. The van der Waals surface area contributed by atoms with Crippen LogP contribution >= 0.6 is 0 Å². The van der Waals surface area contributed by atoms with Gasteiger partial charge in [-0.3, -0.25) is 9.59 Å². The summed E-state index contributed by atoms with van der Waals surface area (Å²) in [6.45, 7) is 32.6. The number of epoxide rings is 1. The number of hydrogen-bond donors (Lipinski definition) is 0. The molecule has 1 saturated heterocycles. The minimum Gasteiger partial charge on any atom is -0.455 e. The highest BCUT2D eigenvalue weighted by Gasteiger charge is 2.49. The largest absolute Gasteiger partial charge is 0.455 e. The molecular weight excluding hydrogens is 744 g/mol. The van der Waals surface area contributed by atoms with Gasteiger partial charge in [-0.05, 0) is 113 Å². The number of ketones is 1. The molecule has 1 rings (SSSR count). The van der Waals surface area contributed by atoms with E-state index in [9.17, 15) is 9.59 Å². The van der Waals surface area contributed by atoms with Crippen molar-refractivity contribution in [3.63, 3.8) is 0 Å². The van der Waals surface area contributed by atoms with Crippen molar-refractivity contribution in [2.24, 2.45) is 11.8 Å². The first-order valence-corrected chi connectivity index (χ1v) is 21.9. The first kappa shape index (κ1) is 54.0. The molecule has 0 aromatic carbocycles. The van der Waals surface area contributed by atoms with E-state index in [1.54, 1.807) is 25.2 Å². The molecule has 0 N–H and O–H groups in total. The van der Waals surface area contributed by atoms with Crippen LogP contribution in [0.15, 0.2) is 36.0 Å². The Hall–Kier alpha value is -2.00. The normalized spacial score (nSPS) is 23.0. The van der Waals surface area contributed by atoms with Crippen molar-refractivity contribution in [1.82, 2.24) is 0 Å². The lowest BCUT2D eigenvalue weighted by Crippen LogP contribution is -2.47. The summed E-state index contributed by atoms with van der Waals surface area (Å²) in [6.07, 6.45) is 9.96. The summed E-state index contributed by atoms with van der Waals surface area (Å²) in [5.74, 6) is -0.886. The summed E-state index contributed by atoms with van der Waals surface area (Å²) < 4.78 is 60.0. The number of carbonyl (C=O) groups is 2. The Labute approximate surface area is 352 Å². The van der Waals surface area contributed by atoms with Crippen molar-refractivity contribution in [2.75, 3.05) is 26.4 Å². The van der Waals surface area contributed by atoms with Crippen LogP contribution in [0.5, 0.6) is 0 Å². The number of hydrogen-bond acceptors (Lipinski definition) is 12. The highest BCUT2D eigenvalue weighted by Crippen LogP contribution is 2.40. The Balaban J connectivity index is 3.25. The van der Waals surface area contributed by atoms with Gasteiger partial charge >= 0.3 is 5.97 Å². The van der Waals surface area contributed by atoms with Crippen molar-refractivity contribution in [1.29, 1.82) is 0 Å². The quantitative estimate of drug-likeness (QED) is 0.0156. The second kappa shape index (κ2) is 27.8. The van der Waals surface area contributed by atoms with Crippen molar-refractivity contribution in [2.45, 2.75) is 210 Å². The van der Waals surface area contributed by atoms with E-state index in [0.717, 1.165) is 12.8 Å². The molecule has 0 aliphatic carbocycles. The van der Waals surface area contributed by atoms with Crippen LogP contribution in [-0.4, -0.2) is 105 Å². The highest BCUT2D eigenvalue weighted by atomic mass is 16.7. The van der Waals surface area contributed by atoms with Crippen LogP contribution in [0.25, 0.3) is 0 Å². The van der Waals surface area contributed by atoms with E-state index in [1.807, 2.05) is 88.3 Å². The molecule has 13 atom stereocenters. The Bertz CT molecular complexity index is 1250. The molecule has 1 aliphatic heterocycles. The van der Waals surface area contributed by atoms with E-state index >= 15 is 0 Å². The summed E-state index contributed by atoms with van der Waals surface area (Å²) in [5, 5.41) is 0. The molecule has 1 aliphatic rings. The lowest BCUT2D eigenvalue weighted by Gasteiger charge is -2.38. The van der Waals surface area contributed by atoms with E-state index in [-0.39, 0.29) is 48.7 Å². The number of carbonyl (C=O) groups excluding carboxylic acids is 2. The van der Waals surface area contributed by atoms with Crippen LogP contribution in [0, 0.1) is 11.8 Å². The Morgan fingerprint density at radius 3 is 1.81 bits per heavy atom. The molecule has 58 heavy (non-hydrogen) atoms. The maximum Gasteiger partial charge on any atom is 0.303 e. The minimum atomic E-state index is -0.990. The smallest absolute Gasteiger partial charge is 0.303 e. The number of esters is 1. The molecule has 0 spiro atoms. The molecule has 12 nitrogen and oxygen atoms in total. The second-order valence-corrected chi connectivity index (χ2v) is 15.7. The zero-order valence-corrected chi connectivity index (χ0v) is 39.0. The van der Waals surface area contributed by atoms with Crippen LogP contribution in [0.3, 0.4) is 0 Å². The van der Waals surface area contributed by atoms with Gasteiger partial charge in [-0.15, -0.1) is 0 Å². The van der Waals surface area contributed by atoms with Crippen molar-refractivity contribution >= 4 is 11.8 Å². The van der Waals surface area contributed by atoms with Crippen LogP contribution in [0.1, 0.15) is 143 Å². The summed E-state index contributed by atoms with van der Waals surface area (Å²) in [7, 11) is 0. The van der Waals surface area contributed by atoms with Gasteiger partial charge in [0.05, 0.1) is 30.0 Å². The van der Waals surface area contributed by atoms with Crippen molar-refractivity contribution in [3.8, 4) is 0 Å². The number of allylic oxidation sites excluding steroid dienone is 4. The standard InChI is InChI=1S/C46H82O12/c1-17-39(54-35(11)49-19-3)27-29-46(16,58-38(14)52-22-6)42(53-34(10)47)26-25-32(8)43(48)31(7)24-23-28-45(15,57-37(13)51-21-5)30-41-44(56-41)33(9)40(18-2)55-36(12)50-20-4/h23-26,28,32-33,35-42,44H,17-22,27,29-30H2,1-16H3/b26-25+,28-23+,31-24+. The Morgan fingerprint density at radius 2 is 1.28 bits per heavy atom. The molecule has 0 radical (unpaired) electrons. The predicted octanol–water partition coefficient (Wildman–Crippen LogP) is 9.43. The summed E-state index contributed by atoms with van der Waals surface area (Å²) in [5.41, 5.74) is -1.16. The number of rotatable bonds is 33. The van der Waals surface area contributed by atoms with Crippen LogP contribution in [0.4, 0.5) is 0 Å². The highest BCUT2D eigenvalue weighted by molar-refractivity contribution is 5.97. The predicted molar refractivity (Wildman–Crippen MR) is 227 cm³/mol. The zero-order valence-electron chi connectivity index (χ0n) is 39.0. The maximum atomic E-state index is 13.7. The Kier molecular flexibility index (Phi) is 25.9. The molecule has 0 aromatic heterocycles. The molecule has 0 bridgehead atoms. The van der Waals surface area contributed by atoms with Gasteiger partial charge in [0.1, 0.15) is 11.7 Å². The van der Waals surface area contributed by atoms with Gasteiger partial charge in [0, 0.05) is 51.6 Å². The molecular formula is C46H82O12. The van der Waals surface area contributed by atoms with E-state index < -0.39 is 41.8 Å². The molecule has 1 heterocycles. The van der Waals surface area contributed by atoms with Gasteiger partial charge in [0.2, 0.25) is 0 Å². The van der Waals surface area contributed by atoms with Crippen molar-refractivity contribution in [3.05, 3.63) is 36.0 Å². The van der Waals surface area contributed by atoms with E-state index in [2.05, 4.69) is 20.8 Å². The number of ether oxygens (including phenoxy) is 10. The van der Waals surface area contributed by atoms with Gasteiger partial charge in [0.25, 0.3) is 0 Å². The van der Waals surface area contributed by atoms with Gasteiger partial charge in [-0.1, -0.05) is 52.0 Å². The lowest BCUT2D eigenvalue weighted by molar-refractivity contribution is -0.229. The minimum absolute atomic E-state index is 0.00116. The third kappa shape index (κ3) is 20.0. The molecule has 0 saturated carbocycles. The maximum absolute atomic E-state index is 13.7. The fourth-order valence-corrected chi connectivity index (χ4v) is 7.33. The van der Waals surface area contributed by atoms with E-state index in [1.165, 1.54) is 6.92 Å². The fraction of sp³-hybridized carbons (Fsp3) is 0.826. The van der Waals surface area contributed by atoms with Crippen molar-refractivity contribution < 1.29 is 57.0 Å². The van der Waals surface area contributed by atoms with E-state index in [4.69, 9.17) is 47.4 Å². The average molecular weight is 827 g/mol. The summed E-state index contributed by atoms with van der Waals surface area (Å²) >= 11 is 0. The Morgan fingerprint density at radius 1 is 0.724 bits per heavy atom. The van der Waals surface area contributed by atoms with Gasteiger partial charge < -0.3 is 47.4 Å². The van der Waals surface area contributed by atoms with Gasteiger partial charge in [-0.25, -0.2) is 0 Å². The zero-order chi connectivity index (χ0) is 44.1. The molecule has 12 heteroatoms. The summed E-state index contributed by atoms with van der Waals surface area (Å²) in [4.78, 5) is 26.1. The fourth-order valence-electron chi connectivity index (χ4n) is 7.33. The molecule has 1 fully saturated rings. The first-order valence-electron chi connectivity index (χ1n) is 21.9. The van der Waals surface area contributed by atoms with E-state index in [0.29, 0.717) is 51.3 Å². The first-order chi connectivity index (χ1) is 27.3. The SMILES string of the molecule is CCOC(C)OC(CC)CCC(C)(OC(C)OCC)C(/C=C/C(C)C(=O)/C(C)=C/C=C/C(C)(CC1OC1C(C)C(CC)OC(C)OCC)OC(C)OCC)OC(C)=O. The third-order valence-corrected chi connectivity index (χ3v) is 10.4. The van der Waals surface area contributed by atoms with Gasteiger partial charge in [0.15, 0.2) is 30.9 Å². The van der Waals surface area contributed by atoms with Gasteiger partial charge in [-0.2, -0.15) is 0 Å². The molecule has 13 unspecified atom stereocenters. The third-order valence-electron chi connectivity index (χ3n) is 10.4. The van der Waals surface area contributed by atoms with Crippen LogP contribution < -0.4 is 0 Å². The lowest BCUT2D eigenvalue weighted by atomic mass is 9.89.